The summed E-state index contributed by atoms with van der Waals surface area (Å²) in [5, 5.41) is 5.91. The van der Waals surface area contributed by atoms with Gasteiger partial charge in [0.05, 0.1) is 5.69 Å². The fraction of sp³-hybridized carbons (Fsp3) is 0.176. The van der Waals surface area contributed by atoms with Gasteiger partial charge in [-0.1, -0.05) is 35.9 Å². The molecular formula is C17H17ClN2O2S. The molecule has 0 aliphatic carbocycles. The van der Waals surface area contributed by atoms with Gasteiger partial charge in [0.15, 0.2) is 0 Å². The number of carbonyl (C=O) groups is 2. The van der Waals surface area contributed by atoms with Gasteiger partial charge in [0.2, 0.25) is 0 Å². The van der Waals surface area contributed by atoms with Gasteiger partial charge in [-0.15, -0.1) is 11.8 Å². The second-order valence-corrected chi connectivity index (χ2v) is 6.07. The molecule has 2 rings (SSSR count). The minimum atomic E-state index is -0.664. The molecule has 2 N–H and O–H groups in total. The highest BCUT2D eigenvalue weighted by Gasteiger charge is 2.14. The number of thioether (sulfide) groups is 1. The summed E-state index contributed by atoms with van der Waals surface area (Å²) < 4.78 is 0. The van der Waals surface area contributed by atoms with E-state index in [0.29, 0.717) is 23.7 Å². The van der Waals surface area contributed by atoms with Crippen molar-refractivity contribution in [1.82, 2.24) is 5.32 Å². The highest BCUT2D eigenvalue weighted by molar-refractivity contribution is 7.98. The van der Waals surface area contributed by atoms with Crippen molar-refractivity contribution in [2.24, 2.45) is 0 Å². The van der Waals surface area contributed by atoms with Gasteiger partial charge in [0.1, 0.15) is 0 Å². The number of halogens is 1. The predicted molar refractivity (Wildman–Crippen MR) is 95.0 cm³/mol. The van der Waals surface area contributed by atoms with Crippen LogP contribution in [-0.4, -0.2) is 24.6 Å². The SMILES string of the molecule is CSc1ccccc1NC(=O)C(=O)NCCc1ccc(Cl)cc1. The van der Waals surface area contributed by atoms with Crippen molar-refractivity contribution >= 4 is 40.9 Å². The smallest absolute Gasteiger partial charge is 0.313 e. The molecule has 2 aromatic carbocycles. The first-order valence-corrected chi connectivity index (χ1v) is 8.67. The quantitative estimate of drug-likeness (QED) is 0.643. The number of nitrogens with one attached hydrogen (secondary N) is 2. The van der Waals surface area contributed by atoms with Crippen LogP contribution in [0.3, 0.4) is 0 Å². The van der Waals surface area contributed by atoms with Gasteiger partial charge < -0.3 is 10.6 Å². The maximum atomic E-state index is 11.9. The summed E-state index contributed by atoms with van der Waals surface area (Å²) in [5.74, 6) is -1.31. The van der Waals surface area contributed by atoms with E-state index in [0.717, 1.165) is 10.5 Å². The van der Waals surface area contributed by atoms with Gasteiger partial charge in [-0.2, -0.15) is 0 Å². The lowest BCUT2D eigenvalue weighted by atomic mass is 10.1. The fourth-order valence-electron chi connectivity index (χ4n) is 1.98. The van der Waals surface area contributed by atoms with Crippen LogP contribution in [0.5, 0.6) is 0 Å². The van der Waals surface area contributed by atoms with Crippen LogP contribution in [0.15, 0.2) is 53.4 Å². The highest BCUT2D eigenvalue weighted by atomic mass is 35.5. The van der Waals surface area contributed by atoms with Gasteiger partial charge in [-0.3, -0.25) is 9.59 Å². The van der Waals surface area contributed by atoms with E-state index in [1.54, 1.807) is 18.2 Å². The Morgan fingerprint density at radius 1 is 1.04 bits per heavy atom. The first-order valence-electron chi connectivity index (χ1n) is 7.07. The first kappa shape index (κ1) is 17.4. The molecule has 2 aromatic rings. The van der Waals surface area contributed by atoms with E-state index in [1.807, 2.05) is 36.6 Å². The standard InChI is InChI=1S/C17H17ClN2O2S/c1-23-15-5-3-2-4-14(15)20-17(22)16(21)19-11-10-12-6-8-13(18)9-7-12/h2-9H,10-11H2,1H3,(H,19,21)(H,20,22). The van der Waals surface area contributed by atoms with Crippen molar-refractivity contribution in [2.75, 3.05) is 18.1 Å². The van der Waals surface area contributed by atoms with E-state index in [1.165, 1.54) is 11.8 Å². The fourth-order valence-corrected chi connectivity index (χ4v) is 2.66. The summed E-state index contributed by atoms with van der Waals surface area (Å²) in [5.41, 5.74) is 1.68. The molecule has 0 radical (unpaired) electrons. The Balaban J connectivity index is 1.83. The molecule has 0 aliphatic heterocycles. The maximum absolute atomic E-state index is 11.9. The molecule has 2 amide bonds. The molecule has 120 valence electrons. The van der Waals surface area contributed by atoms with Crippen molar-refractivity contribution in [3.8, 4) is 0 Å². The van der Waals surface area contributed by atoms with Crippen LogP contribution in [0.4, 0.5) is 5.69 Å². The number of anilines is 1. The minimum absolute atomic E-state index is 0.387. The Morgan fingerprint density at radius 3 is 2.43 bits per heavy atom. The van der Waals surface area contributed by atoms with Crippen LogP contribution in [0.25, 0.3) is 0 Å². The Kier molecular flexibility index (Phi) is 6.50. The molecule has 0 aromatic heterocycles. The lowest BCUT2D eigenvalue weighted by Gasteiger charge is -2.09. The highest BCUT2D eigenvalue weighted by Crippen LogP contribution is 2.24. The van der Waals surface area contributed by atoms with Crippen LogP contribution in [0.1, 0.15) is 5.56 Å². The minimum Gasteiger partial charge on any atom is -0.347 e. The third-order valence-corrected chi connectivity index (χ3v) is 4.22. The zero-order chi connectivity index (χ0) is 16.7. The van der Waals surface area contributed by atoms with Crippen molar-refractivity contribution in [3.05, 3.63) is 59.1 Å². The average Bonchev–Trinajstić information content (AvgIpc) is 2.57. The molecule has 0 unspecified atom stereocenters. The zero-order valence-electron chi connectivity index (χ0n) is 12.6. The first-order chi connectivity index (χ1) is 11.1. The topological polar surface area (TPSA) is 58.2 Å². The van der Waals surface area contributed by atoms with E-state index in [2.05, 4.69) is 10.6 Å². The molecule has 0 bridgehead atoms. The lowest BCUT2D eigenvalue weighted by molar-refractivity contribution is -0.136. The summed E-state index contributed by atoms with van der Waals surface area (Å²) in [6, 6.07) is 14.7. The number of rotatable bonds is 5. The predicted octanol–water partition coefficient (Wildman–Crippen LogP) is 3.36. The molecule has 0 spiro atoms. The number of benzene rings is 2. The van der Waals surface area contributed by atoms with Gasteiger partial charge in [-0.25, -0.2) is 0 Å². The zero-order valence-corrected chi connectivity index (χ0v) is 14.2. The molecule has 0 atom stereocenters. The van der Waals surface area contributed by atoms with E-state index >= 15 is 0 Å². The number of hydrogen-bond donors (Lipinski definition) is 2. The Morgan fingerprint density at radius 2 is 1.74 bits per heavy atom. The van der Waals surface area contributed by atoms with Crippen LogP contribution in [-0.2, 0) is 16.0 Å². The lowest BCUT2D eigenvalue weighted by Crippen LogP contribution is -2.36. The Bertz CT molecular complexity index is 689. The van der Waals surface area contributed by atoms with E-state index in [9.17, 15) is 9.59 Å². The number of para-hydroxylation sites is 1. The second-order valence-electron chi connectivity index (χ2n) is 4.79. The molecule has 0 saturated carbocycles. The molecule has 0 heterocycles. The third-order valence-electron chi connectivity index (χ3n) is 3.17. The molecule has 23 heavy (non-hydrogen) atoms. The number of hydrogen-bond acceptors (Lipinski definition) is 3. The molecular weight excluding hydrogens is 332 g/mol. The molecule has 6 heteroatoms. The van der Waals surface area contributed by atoms with Crippen LogP contribution >= 0.6 is 23.4 Å². The van der Waals surface area contributed by atoms with Crippen LogP contribution < -0.4 is 10.6 Å². The maximum Gasteiger partial charge on any atom is 0.313 e. The summed E-state index contributed by atoms with van der Waals surface area (Å²) in [6.45, 7) is 0.387. The van der Waals surface area contributed by atoms with Gasteiger partial charge in [0.25, 0.3) is 0 Å². The average molecular weight is 349 g/mol. The Hall–Kier alpha value is -1.98. The molecule has 0 aliphatic rings. The normalized spacial score (nSPS) is 10.2. The van der Waals surface area contributed by atoms with Crippen LogP contribution in [0, 0.1) is 0 Å². The third kappa shape index (κ3) is 5.30. The monoisotopic (exact) mass is 348 g/mol. The van der Waals surface area contributed by atoms with Crippen molar-refractivity contribution in [2.45, 2.75) is 11.3 Å². The van der Waals surface area contributed by atoms with Crippen molar-refractivity contribution < 1.29 is 9.59 Å². The number of amides is 2. The largest absolute Gasteiger partial charge is 0.347 e. The molecule has 0 saturated heterocycles. The summed E-state index contributed by atoms with van der Waals surface area (Å²) in [6.07, 6.45) is 2.55. The van der Waals surface area contributed by atoms with Gasteiger partial charge in [-0.05, 0) is 42.5 Å². The van der Waals surface area contributed by atoms with Gasteiger partial charge >= 0.3 is 11.8 Å². The number of carbonyl (C=O) groups excluding carboxylic acids is 2. The van der Waals surface area contributed by atoms with Gasteiger partial charge in [0, 0.05) is 16.5 Å². The molecule has 4 nitrogen and oxygen atoms in total. The Labute approximate surface area is 144 Å². The summed E-state index contributed by atoms with van der Waals surface area (Å²) >= 11 is 7.32. The van der Waals surface area contributed by atoms with E-state index in [-0.39, 0.29) is 0 Å². The van der Waals surface area contributed by atoms with E-state index < -0.39 is 11.8 Å². The van der Waals surface area contributed by atoms with Crippen LogP contribution in [0.2, 0.25) is 5.02 Å². The van der Waals surface area contributed by atoms with Crippen molar-refractivity contribution in [1.29, 1.82) is 0 Å². The molecule has 0 fully saturated rings. The second kappa shape index (κ2) is 8.60. The van der Waals surface area contributed by atoms with Crippen molar-refractivity contribution in [3.63, 3.8) is 0 Å². The summed E-state index contributed by atoms with van der Waals surface area (Å²) in [4.78, 5) is 24.7. The van der Waals surface area contributed by atoms with E-state index in [4.69, 9.17) is 11.6 Å². The summed E-state index contributed by atoms with van der Waals surface area (Å²) in [7, 11) is 0.